The molecule has 4 N–H and O–H groups in total. The van der Waals surface area contributed by atoms with Crippen molar-refractivity contribution in [2.45, 2.75) is 31.3 Å². The number of aromatic nitrogens is 2. The number of aryl methyl sites for hydroxylation is 1. The normalized spacial score (nSPS) is 26.9. The van der Waals surface area contributed by atoms with Gasteiger partial charge in [-0.3, -0.25) is 10.2 Å². The van der Waals surface area contributed by atoms with Crippen molar-refractivity contribution in [2.75, 3.05) is 20.3 Å². The maximum absolute atomic E-state index is 11.9. The molecule has 7 nitrogen and oxygen atoms in total. The number of hydrogen-bond donors (Lipinski definition) is 4. The number of carbonyl (C=O) groups excluding carboxylic acids is 1. The second-order valence-corrected chi connectivity index (χ2v) is 5.04. The molecule has 1 aromatic rings. The minimum atomic E-state index is -0.0746. The van der Waals surface area contributed by atoms with E-state index in [0.717, 1.165) is 37.3 Å². The van der Waals surface area contributed by atoms with Crippen LogP contribution in [0, 0.1) is 0 Å². The second-order valence-electron chi connectivity index (χ2n) is 5.04. The Bertz CT molecular complexity index is 473. The van der Waals surface area contributed by atoms with Gasteiger partial charge < -0.3 is 15.0 Å². The number of nitrogens with one attached hydrogen (secondary N) is 4. The average Bonchev–Trinajstić information content (AvgIpc) is 2.98. The zero-order valence-corrected chi connectivity index (χ0v) is 11.0. The second kappa shape index (κ2) is 5.28. The average molecular weight is 265 g/mol. The van der Waals surface area contributed by atoms with E-state index in [4.69, 9.17) is 4.74 Å². The summed E-state index contributed by atoms with van der Waals surface area (Å²) < 4.78 is 5.13. The van der Waals surface area contributed by atoms with Gasteiger partial charge in [0.15, 0.2) is 0 Å². The number of ether oxygens (including phenoxy) is 1. The maximum Gasteiger partial charge on any atom is 0.271 e. The molecule has 1 saturated heterocycles. The summed E-state index contributed by atoms with van der Waals surface area (Å²) in [6.07, 6.45) is 2.70. The first-order chi connectivity index (χ1) is 9.28. The summed E-state index contributed by atoms with van der Waals surface area (Å²) in [4.78, 5) is 19.6. The van der Waals surface area contributed by atoms with Crippen molar-refractivity contribution in [1.29, 1.82) is 0 Å². The number of H-pyrrole nitrogens is 1. The monoisotopic (exact) mass is 265 g/mol. The standard InChI is InChI=1S/C12H19N5O2/c1-19-6-7-5-9(17-16-7)11-14-8-3-2-4-13-12(18)10(8)15-11/h7,9,16-17H,2-6H2,1H3,(H,13,18)(H,14,15). The van der Waals surface area contributed by atoms with Crippen molar-refractivity contribution in [1.82, 2.24) is 26.1 Å². The maximum atomic E-state index is 11.9. The van der Waals surface area contributed by atoms with Crippen LogP contribution in [0.3, 0.4) is 0 Å². The summed E-state index contributed by atoms with van der Waals surface area (Å²) in [5.41, 5.74) is 7.86. The Morgan fingerprint density at radius 2 is 2.32 bits per heavy atom. The lowest BCUT2D eigenvalue weighted by atomic mass is 10.1. The quantitative estimate of drug-likeness (QED) is 0.599. The van der Waals surface area contributed by atoms with E-state index in [1.54, 1.807) is 7.11 Å². The number of nitrogens with zero attached hydrogens (tertiary/aromatic N) is 1. The van der Waals surface area contributed by atoms with E-state index >= 15 is 0 Å². The molecule has 2 unspecified atom stereocenters. The Morgan fingerprint density at radius 3 is 3.16 bits per heavy atom. The lowest BCUT2D eigenvalue weighted by Crippen LogP contribution is -2.33. The number of rotatable bonds is 3. The van der Waals surface area contributed by atoms with Crippen LogP contribution < -0.4 is 16.2 Å². The van der Waals surface area contributed by atoms with Gasteiger partial charge in [-0.1, -0.05) is 0 Å². The van der Waals surface area contributed by atoms with Gasteiger partial charge in [0.1, 0.15) is 11.5 Å². The molecule has 104 valence electrons. The lowest BCUT2D eigenvalue weighted by molar-refractivity contribution is 0.0951. The fourth-order valence-electron chi connectivity index (χ4n) is 2.63. The van der Waals surface area contributed by atoms with E-state index in [1.807, 2.05) is 0 Å². The number of hydrogen-bond acceptors (Lipinski definition) is 5. The number of methoxy groups -OCH3 is 1. The van der Waals surface area contributed by atoms with Crippen LogP contribution in [0.2, 0.25) is 0 Å². The van der Waals surface area contributed by atoms with Crippen molar-refractivity contribution in [2.24, 2.45) is 0 Å². The molecule has 0 saturated carbocycles. The molecule has 0 aromatic carbocycles. The Kier molecular flexibility index (Phi) is 3.50. The summed E-state index contributed by atoms with van der Waals surface area (Å²) in [5.74, 6) is 0.752. The molecule has 3 heterocycles. The molecule has 3 rings (SSSR count). The molecule has 7 heteroatoms. The zero-order chi connectivity index (χ0) is 13.2. The van der Waals surface area contributed by atoms with Crippen LogP contribution in [0.4, 0.5) is 0 Å². The Hall–Kier alpha value is -1.44. The van der Waals surface area contributed by atoms with Gasteiger partial charge in [0.25, 0.3) is 5.91 Å². The van der Waals surface area contributed by atoms with Crippen molar-refractivity contribution < 1.29 is 9.53 Å². The molecule has 2 aliphatic heterocycles. The Labute approximate surface area is 111 Å². The van der Waals surface area contributed by atoms with Gasteiger partial charge in [-0.15, -0.1) is 0 Å². The molecule has 1 aromatic heterocycles. The van der Waals surface area contributed by atoms with Crippen LogP contribution in [0.25, 0.3) is 0 Å². The minimum Gasteiger partial charge on any atom is -0.383 e. The van der Waals surface area contributed by atoms with Crippen molar-refractivity contribution in [3.63, 3.8) is 0 Å². The third kappa shape index (κ3) is 2.49. The third-order valence-corrected chi connectivity index (χ3v) is 3.58. The van der Waals surface area contributed by atoms with Gasteiger partial charge in [0.05, 0.1) is 12.6 Å². The molecular weight excluding hydrogens is 246 g/mol. The van der Waals surface area contributed by atoms with Gasteiger partial charge >= 0.3 is 0 Å². The zero-order valence-electron chi connectivity index (χ0n) is 11.0. The molecule has 1 fully saturated rings. The van der Waals surface area contributed by atoms with Crippen LogP contribution in [-0.4, -0.2) is 42.2 Å². The number of hydrazine groups is 1. The topological polar surface area (TPSA) is 91.1 Å². The summed E-state index contributed by atoms with van der Waals surface area (Å²) in [7, 11) is 1.69. The highest BCUT2D eigenvalue weighted by atomic mass is 16.5. The van der Waals surface area contributed by atoms with Crippen molar-refractivity contribution in [3.8, 4) is 0 Å². The van der Waals surface area contributed by atoms with Crippen molar-refractivity contribution >= 4 is 5.91 Å². The largest absolute Gasteiger partial charge is 0.383 e. The van der Waals surface area contributed by atoms with Crippen molar-refractivity contribution in [3.05, 3.63) is 17.2 Å². The first-order valence-corrected chi connectivity index (χ1v) is 6.65. The summed E-state index contributed by atoms with van der Waals surface area (Å²) in [5, 5.41) is 2.86. The summed E-state index contributed by atoms with van der Waals surface area (Å²) in [6.45, 7) is 1.38. The Morgan fingerprint density at radius 1 is 1.42 bits per heavy atom. The highest BCUT2D eigenvalue weighted by Gasteiger charge is 2.29. The van der Waals surface area contributed by atoms with E-state index in [9.17, 15) is 4.79 Å². The van der Waals surface area contributed by atoms with Crippen LogP contribution in [0.15, 0.2) is 0 Å². The fourth-order valence-corrected chi connectivity index (χ4v) is 2.63. The van der Waals surface area contributed by atoms with E-state index in [0.29, 0.717) is 12.3 Å². The van der Waals surface area contributed by atoms with Gasteiger partial charge in [0.2, 0.25) is 0 Å². The SMILES string of the molecule is COCC1CC(c2nc3c([nH]2)CCCNC3=O)NN1. The molecule has 0 radical (unpaired) electrons. The predicted octanol–water partition coefficient (Wildman–Crippen LogP) is -0.360. The molecule has 2 atom stereocenters. The third-order valence-electron chi connectivity index (χ3n) is 3.58. The smallest absolute Gasteiger partial charge is 0.271 e. The molecule has 0 spiro atoms. The molecule has 0 bridgehead atoms. The van der Waals surface area contributed by atoms with Crippen LogP contribution >= 0.6 is 0 Å². The number of amides is 1. The highest BCUT2D eigenvalue weighted by molar-refractivity contribution is 5.93. The lowest BCUT2D eigenvalue weighted by Gasteiger charge is -2.06. The molecular formula is C12H19N5O2. The van der Waals surface area contributed by atoms with Crippen LogP contribution in [0.5, 0.6) is 0 Å². The van der Waals surface area contributed by atoms with E-state index < -0.39 is 0 Å². The number of carbonyl (C=O) groups is 1. The molecule has 0 aliphatic carbocycles. The van der Waals surface area contributed by atoms with Crippen LogP contribution in [0.1, 0.15) is 40.9 Å². The van der Waals surface area contributed by atoms with Gasteiger partial charge in [-0.25, -0.2) is 10.4 Å². The summed E-state index contributed by atoms with van der Waals surface area (Å²) in [6, 6.07) is 0.369. The first-order valence-electron chi connectivity index (χ1n) is 6.65. The predicted molar refractivity (Wildman–Crippen MR) is 68.5 cm³/mol. The van der Waals surface area contributed by atoms with Gasteiger partial charge in [-0.2, -0.15) is 0 Å². The van der Waals surface area contributed by atoms with Gasteiger partial charge in [-0.05, 0) is 19.3 Å². The summed E-state index contributed by atoms with van der Waals surface area (Å²) >= 11 is 0. The molecule has 2 aliphatic rings. The van der Waals surface area contributed by atoms with Crippen LogP contribution in [-0.2, 0) is 11.2 Å². The number of aromatic amines is 1. The Balaban J connectivity index is 1.76. The number of fused-ring (bicyclic) bond motifs is 1. The molecule has 19 heavy (non-hydrogen) atoms. The van der Waals surface area contributed by atoms with E-state index in [-0.39, 0.29) is 18.0 Å². The van der Waals surface area contributed by atoms with E-state index in [1.165, 1.54) is 0 Å². The first kappa shape index (κ1) is 12.6. The highest BCUT2D eigenvalue weighted by Crippen LogP contribution is 2.22. The number of imidazole rings is 1. The minimum absolute atomic E-state index is 0.0746. The molecule has 1 amide bonds. The van der Waals surface area contributed by atoms with E-state index in [2.05, 4.69) is 26.1 Å². The fraction of sp³-hybridized carbons (Fsp3) is 0.667. The van der Waals surface area contributed by atoms with Gasteiger partial charge in [0, 0.05) is 25.4 Å².